The number of carbonyl (C=O) groups excluding carboxylic acids is 1. The third kappa shape index (κ3) is 4.24. The topological polar surface area (TPSA) is 82.2 Å². The van der Waals surface area contributed by atoms with Crippen LogP contribution in [-0.2, 0) is 22.4 Å². The zero-order chi connectivity index (χ0) is 18.5. The first kappa shape index (κ1) is 18.0. The molecule has 1 amide bonds. The molecule has 3 N–H and O–H groups in total. The highest BCUT2D eigenvalue weighted by Gasteiger charge is 2.21. The van der Waals surface area contributed by atoms with Gasteiger partial charge in [-0.05, 0) is 29.7 Å². The maximum atomic E-state index is 12.2. The summed E-state index contributed by atoms with van der Waals surface area (Å²) in [6, 6.07) is 14.0. The Labute approximate surface area is 156 Å². The Morgan fingerprint density at radius 3 is 2.58 bits per heavy atom. The number of nitrogens with one attached hydrogen (secondary N) is 2. The van der Waals surface area contributed by atoms with Crippen LogP contribution in [0.1, 0.15) is 17.5 Å². The van der Waals surface area contributed by atoms with E-state index in [0.29, 0.717) is 11.4 Å². The van der Waals surface area contributed by atoms with Crippen LogP contribution in [0.2, 0.25) is 5.02 Å². The van der Waals surface area contributed by atoms with Crippen molar-refractivity contribution in [2.45, 2.75) is 25.3 Å². The molecule has 0 aliphatic rings. The average Bonchev–Trinajstić information content (AvgIpc) is 3.03. The van der Waals surface area contributed by atoms with E-state index in [-0.39, 0.29) is 18.7 Å². The number of aryl methyl sites for hydroxylation is 1. The summed E-state index contributed by atoms with van der Waals surface area (Å²) in [7, 11) is 0. The highest BCUT2D eigenvalue weighted by atomic mass is 35.5. The number of fused-ring (bicyclic) bond motifs is 1. The van der Waals surface area contributed by atoms with Gasteiger partial charge in [-0.25, -0.2) is 4.79 Å². The van der Waals surface area contributed by atoms with Crippen LogP contribution in [-0.4, -0.2) is 28.0 Å². The van der Waals surface area contributed by atoms with Gasteiger partial charge in [-0.15, -0.1) is 0 Å². The monoisotopic (exact) mass is 370 g/mol. The quantitative estimate of drug-likeness (QED) is 0.594. The van der Waals surface area contributed by atoms with Crippen molar-refractivity contribution in [1.82, 2.24) is 10.3 Å². The second-order valence-corrected chi connectivity index (χ2v) is 6.52. The summed E-state index contributed by atoms with van der Waals surface area (Å²) in [6.45, 7) is 0. The molecule has 0 fully saturated rings. The second kappa shape index (κ2) is 8.06. The molecule has 0 bridgehead atoms. The van der Waals surface area contributed by atoms with E-state index in [4.69, 9.17) is 11.6 Å². The second-order valence-electron chi connectivity index (χ2n) is 6.11. The van der Waals surface area contributed by atoms with Crippen LogP contribution in [0, 0.1) is 0 Å². The van der Waals surface area contributed by atoms with Crippen LogP contribution in [0.5, 0.6) is 0 Å². The highest BCUT2D eigenvalue weighted by Crippen LogP contribution is 2.19. The van der Waals surface area contributed by atoms with Crippen molar-refractivity contribution in [2.75, 3.05) is 0 Å². The first-order valence-electron chi connectivity index (χ1n) is 8.35. The van der Waals surface area contributed by atoms with E-state index in [1.165, 1.54) is 0 Å². The number of carboxylic acid groups (broad SMARTS) is 1. The van der Waals surface area contributed by atoms with Crippen LogP contribution >= 0.6 is 11.6 Å². The summed E-state index contributed by atoms with van der Waals surface area (Å²) in [5, 5.41) is 13.7. The van der Waals surface area contributed by atoms with Gasteiger partial charge in [-0.3, -0.25) is 4.79 Å². The molecule has 26 heavy (non-hydrogen) atoms. The van der Waals surface area contributed by atoms with Gasteiger partial charge in [0.2, 0.25) is 5.91 Å². The molecule has 1 atom stereocenters. The standard InChI is InChI=1S/C20H19ClN2O3/c21-16-7-3-1-5-13(16)9-10-19(24)23-18(20(25)26)11-14-12-22-17-8-4-2-6-15(14)17/h1-8,12,18,22H,9-11H2,(H,23,24)(H,25,26)/t18-/m0/s1. The number of halogens is 1. The van der Waals surface area contributed by atoms with Gasteiger partial charge < -0.3 is 15.4 Å². The van der Waals surface area contributed by atoms with E-state index < -0.39 is 12.0 Å². The fourth-order valence-electron chi connectivity index (χ4n) is 2.94. The molecule has 0 saturated carbocycles. The normalized spacial score (nSPS) is 12.0. The Morgan fingerprint density at radius 2 is 1.81 bits per heavy atom. The fourth-order valence-corrected chi connectivity index (χ4v) is 3.17. The number of H-pyrrole nitrogens is 1. The minimum Gasteiger partial charge on any atom is -0.480 e. The van der Waals surface area contributed by atoms with Crippen LogP contribution in [0.4, 0.5) is 0 Å². The summed E-state index contributed by atoms with van der Waals surface area (Å²) in [5.74, 6) is -1.36. The summed E-state index contributed by atoms with van der Waals surface area (Å²) in [4.78, 5) is 26.9. The zero-order valence-electron chi connectivity index (χ0n) is 14.0. The van der Waals surface area contributed by atoms with Gasteiger partial charge in [-0.1, -0.05) is 48.0 Å². The molecule has 0 aliphatic carbocycles. The minimum atomic E-state index is -1.05. The lowest BCUT2D eigenvalue weighted by molar-refractivity contribution is -0.141. The van der Waals surface area contributed by atoms with Crippen LogP contribution in [0.3, 0.4) is 0 Å². The number of amides is 1. The molecular weight excluding hydrogens is 352 g/mol. The number of para-hydroxylation sites is 1. The van der Waals surface area contributed by atoms with E-state index in [1.54, 1.807) is 12.3 Å². The largest absolute Gasteiger partial charge is 0.480 e. The number of aromatic amines is 1. The van der Waals surface area contributed by atoms with E-state index in [9.17, 15) is 14.7 Å². The number of carboxylic acids is 1. The van der Waals surface area contributed by atoms with Gasteiger partial charge in [0.05, 0.1) is 0 Å². The molecule has 134 valence electrons. The van der Waals surface area contributed by atoms with Gasteiger partial charge in [0.1, 0.15) is 6.04 Å². The van der Waals surface area contributed by atoms with Gasteiger partial charge in [-0.2, -0.15) is 0 Å². The average molecular weight is 371 g/mol. The van der Waals surface area contributed by atoms with Crippen molar-refractivity contribution in [2.24, 2.45) is 0 Å². The van der Waals surface area contributed by atoms with Crippen molar-refractivity contribution >= 4 is 34.4 Å². The predicted octanol–water partition coefficient (Wildman–Crippen LogP) is 3.57. The third-order valence-corrected chi connectivity index (χ3v) is 4.68. The van der Waals surface area contributed by atoms with Gasteiger partial charge in [0.25, 0.3) is 0 Å². The third-order valence-electron chi connectivity index (χ3n) is 4.31. The van der Waals surface area contributed by atoms with Crippen molar-refractivity contribution in [3.63, 3.8) is 0 Å². The summed E-state index contributed by atoms with van der Waals surface area (Å²) in [6.07, 6.45) is 2.65. The maximum absolute atomic E-state index is 12.2. The number of carbonyl (C=O) groups is 2. The van der Waals surface area contributed by atoms with E-state index in [1.807, 2.05) is 42.5 Å². The van der Waals surface area contributed by atoms with Crippen molar-refractivity contribution in [3.8, 4) is 0 Å². The SMILES string of the molecule is O=C(CCc1ccccc1Cl)N[C@@H](Cc1c[nH]c2ccccc12)C(=O)O. The number of benzene rings is 2. The van der Waals surface area contributed by atoms with Crippen molar-refractivity contribution in [1.29, 1.82) is 0 Å². The predicted molar refractivity (Wildman–Crippen MR) is 101 cm³/mol. The van der Waals surface area contributed by atoms with Crippen LogP contribution in [0.25, 0.3) is 10.9 Å². The lowest BCUT2D eigenvalue weighted by Crippen LogP contribution is -2.42. The molecule has 0 spiro atoms. The summed E-state index contributed by atoms with van der Waals surface area (Å²) in [5.41, 5.74) is 2.67. The number of hydrogen-bond acceptors (Lipinski definition) is 2. The molecule has 2 aromatic carbocycles. The lowest BCUT2D eigenvalue weighted by atomic mass is 10.0. The molecule has 0 unspecified atom stereocenters. The van der Waals surface area contributed by atoms with Gasteiger partial charge >= 0.3 is 5.97 Å². The van der Waals surface area contributed by atoms with Gasteiger partial charge in [0.15, 0.2) is 0 Å². The van der Waals surface area contributed by atoms with Crippen LogP contribution in [0.15, 0.2) is 54.7 Å². The van der Waals surface area contributed by atoms with Crippen molar-refractivity contribution < 1.29 is 14.7 Å². The summed E-state index contributed by atoms with van der Waals surface area (Å²) >= 11 is 6.08. The molecule has 3 aromatic rings. The van der Waals surface area contributed by atoms with E-state index >= 15 is 0 Å². The first-order chi connectivity index (χ1) is 12.5. The lowest BCUT2D eigenvalue weighted by Gasteiger charge is -2.14. The zero-order valence-corrected chi connectivity index (χ0v) is 14.8. The summed E-state index contributed by atoms with van der Waals surface area (Å²) < 4.78 is 0. The highest BCUT2D eigenvalue weighted by molar-refractivity contribution is 6.31. The molecule has 5 nitrogen and oxygen atoms in total. The van der Waals surface area contributed by atoms with Crippen molar-refractivity contribution in [3.05, 3.63) is 70.9 Å². The minimum absolute atomic E-state index is 0.182. The number of hydrogen-bond donors (Lipinski definition) is 3. The van der Waals surface area contributed by atoms with Crippen LogP contribution < -0.4 is 5.32 Å². The van der Waals surface area contributed by atoms with Gasteiger partial charge in [0, 0.05) is 35.0 Å². The fraction of sp³-hybridized carbons (Fsp3) is 0.200. The first-order valence-corrected chi connectivity index (χ1v) is 8.73. The number of aliphatic carboxylic acids is 1. The molecule has 0 radical (unpaired) electrons. The molecule has 0 aliphatic heterocycles. The Kier molecular flexibility index (Phi) is 5.58. The Bertz CT molecular complexity index is 935. The van der Waals surface area contributed by atoms with E-state index in [2.05, 4.69) is 10.3 Å². The maximum Gasteiger partial charge on any atom is 0.326 e. The molecule has 0 saturated heterocycles. The molecule has 3 rings (SSSR count). The molecular formula is C20H19ClN2O3. The Balaban J connectivity index is 1.64. The molecule has 1 aromatic heterocycles. The Hall–Kier alpha value is -2.79. The Morgan fingerprint density at radius 1 is 1.08 bits per heavy atom. The number of rotatable bonds is 7. The van der Waals surface area contributed by atoms with E-state index in [0.717, 1.165) is 22.0 Å². The number of aromatic nitrogens is 1. The molecule has 6 heteroatoms. The smallest absolute Gasteiger partial charge is 0.326 e. The molecule has 1 heterocycles.